The first kappa shape index (κ1) is 19.7. The van der Waals surface area contributed by atoms with E-state index in [4.69, 9.17) is 9.84 Å². The second-order valence-electron chi connectivity index (χ2n) is 6.78. The number of aromatic nitrogens is 5. The van der Waals surface area contributed by atoms with E-state index in [0.717, 1.165) is 0 Å². The minimum Gasteiger partial charge on any atom is -0.480 e. The number of alkyl halides is 2. The van der Waals surface area contributed by atoms with E-state index < -0.39 is 18.4 Å². The van der Waals surface area contributed by atoms with Gasteiger partial charge >= 0.3 is 5.97 Å². The monoisotopic (exact) mass is 416 g/mol. The van der Waals surface area contributed by atoms with Gasteiger partial charge in [-0.3, -0.25) is 0 Å². The molecule has 1 aromatic carbocycles. The molecule has 0 bridgehead atoms. The van der Waals surface area contributed by atoms with Gasteiger partial charge in [0, 0.05) is 18.2 Å². The Kier molecular flexibility index (Phi) is 5.25. The molecule has 0 radical (unpaired) electrons. The summed E-state index contributed by atoms with van der Waals surface area (Å²) in [4.78, 5) is 12.8. The zero-order valence-electron chi connectivity index (χ0n) is 15.9. The lowest BCUT2D eigenvalue weighted by atomic mass is 10.0. The molecule has 1 saturated heterocycles. The van der Waals surface area contributed by atoms with Gasteiger partial charge in [-0.2, -0.15) is 0 Å². The summed E-state index contributed by atoms with van der Waals surface area (Å²) in [6.07, 6.45) is -1.97. The highest BCUT2D eigenvalue weighted by Gasteiger charge is 2.35. The number of ether oxygens (including phenoxy) is 1. The highest BCUT2D eigenvalue weighted by atomic mass is 19.3. The fourth-order valence-electron chi connectivity index (χ4n) is 3.11. The third kappa shape index (κ3) is 3.78. The maximum atomic E-state index is 12.8. The summed E-state index contributed by atoms with van der Waals surface area (Å²) in [5.41, 5.74) is 1.77. The van der Waals surface area contributed by atoms with E-state index in [1.54, 1.807) is 36.1 Å². The molecule has 1 fully saturated rings. The lowest BCUT2D eigenvalue weighted by Crippen LogP contribution is -2.53. The number of rotatable bonds is 7. The Morgan fingerprint density at radius 2 is 1.97 bits per heavy atom. The van der Waals surface area contributed by atoms with Gasteiger partial charge in [-0.05, 0) is 31.5 Å². The van der Waals surface area contributed by atoms with Crippen molar-refractivity contribution in [1.29, 1.82) is 0 Å². The Morgan fingerprint density at radius 3 is 2.53 bits per heavy atom. The molecule has 1 aliphatic rings. The molecule has 3 aromatic rings. The van der Waals surface area contributed by atoms with Crippen LogP contribution in [-0.2, 0) is 11.4 Å². The van der Waals surface area contributed by atoms with E-state index in [1.165, 1.54) is 16.8 Å². The minimum atomic E-state index is -2.54. The molecule has 11 heteroatoms. The highest BCUT2D eigenvalue weighted by Crippen LogP contribution is 2.25. The van der Waals surface area contributed by atoms with Crippen LogP contribution in [-0.4, -0.2) is 48.9 Å². The van der Waals surface area contributed by atoms with Crippen LogP contribution in [0.2, 0.25) is 0 Å². The summed E-state index contributed by atoms with van der Waals surface area (Å²) in [7, 11) is 0. The number of aliphatic carboxylic acids is 1. The van der Waals surface area contributed by atoms with Crippen LogP contribution in [0.4, 0.5) is 14.6 Å². The van der Waals surface area contributed by atoms with E-state index in [2.05, 4.69) is 20.5 Å². The lowest BCUT2D eigenvalue weighted by Gasteiger charge is -2.38. The van der Waals surface area contributed by atoms with Crippen molar-refractivity contribution in [2.24, 2.45) is 0 Å². The van der Waals surface area contributed by atoms with E-state index in [1.807, 2.05) is 0 Å². The van der Waals surface area contributed by atoms with Crippen molar-refractivity contribution in [3.05, 3.63) is 53.3 Å². The standard InChI is InChI=1S/C19H18F2N6O3/c1-11-15(27(25-22-11)13-4-2-12(3-5-13)18(20)21)10-30-17-7-6-16(23-24-17)26-9-8-14(26)19(28)29/h2-7,14,18H,8-10H2,1H3,(H,28,29)/t14-/m1/s1. The summed E-state index contributed by atoms with van der Waals surface area (Å²) in [6, 6.07) is 8.45. The predicted octanol–water partition coefficient (Wildman–Crippen LogP) is 2.55. The Morgan fingerprint density at radius 1 is 1.20 bits per heavy atom. The molecule has 2 aromatic heterocycles. The van der Waals surface area contributed by atoms with Gasteiger partial charge in [0.2, 0.25) is 5.88 Å². The number of anilines is 1. The maximum absolute atomic E-state index is 12.8. The number of carboxylic acids is 1. The number of halogens is 2. The second-order valence-corrected chi connectivity index (χ2v) is 6.78. The van der Waals surface area contributed by atoms with Crippen molar-refractivity contribution in [3.8, 4) is 11.6 Å². The van der Waals surface area contributed by atoms with Crippen molar-refractivity contribution < 1.29 is 23.4 Å². The molecule has 156 valence electrons. The summed E-state index contributed by atoms with van der Waals surface area (Å²) in [5, 5.41) is 25.3. The largest absolute Gasteiger partial charge is 0.480 e. The third-order valence-electron chi connectivity index (χ3n) is 4.93. The molecule has 9 nitrogen and oxygen atoms in total. The number of benzene rings is 1. The zero-order valence-corrected chi connectivity index (χ0v) is 15.9. The number of aryl methyl sites for hydroxylation is 1. The first-order chi connectivity index (χ1) is 14.4. The number of nitrogens with zero attached hydrogens (tertiary/aromatic N) is 6. The number of hydrogen-bond acceptors (Lipinski definition) is 7. The number of carboxylic acid groups (broad SMARTS) is 1. The van der Waals surface area contributed by atoms with Crippen LogP contribution < -0.4 is 9.64 Å². The quantitative estimate of drug-likeness (QED) is 0.626. The minimum absolute atomic E-state index is 0.0731. The topological polar surface area (TPSA) is 106 Å². The Bertz CT molecular complexity index is 1040. The maximum Gasteiger partial charge on any atom is 0.326 e. The molecule has 0 saturated carbocycles. The highest BCUT2D eigenvalue weighted by molar-refractivity contribution is 5.79. The van der Waals surface area contributed by atoms with E-state index in [-0.39, 0.29) is 18.1 Å². The summed E-state index contributed by atoms with van der Waals surface area (Å²) in [5.74, 6) is -0.157. The number of hydrogen-bond donors (Lipinski definition) is 1. The van der Waals surface area contributed by atoms with Crippen LogP contribution in [0.25, 0.3) is 5.69 Å². The normalized spacial score (nSPS) is 15.9. The van der Waals surface area contributed by atoms with Gasteiger partial charge < -0.3 is 14.7 Å². The first-order valence-corrected chi connectivity index (χ1v) is 9.19. The van der Waals surface area contributed by atoms with E-state index in [0.29, 0.717) is 35.9 Å². The van der Waals surface area contributed by atoms with Gasteiger partial charge in [-0.15, -0.1) is 15.3 Å². The number of carbonyl (C=O) groups is 1. The summed E-state index contributed by atoms with van der Waals surface area (Å²) < 4.78 is 32.7. The predicted molar refractivity (Wildman–Crippen MR) is 101 cm³/mol. The van der Waals surface area contributed by atoms with E-state index in [9.17, 15) is 13.6 Å². The fourth-order valence-corrected chi connectivity index (χ4v) is 3.11. The average Bonchev–Trinajstić information content (AvgIpc) is 3.06. The first-order valence-electron chi connectivity index (χ1n) is 9.19. The molecule has 1 aliphatic heterocycles. The SMILES string of the molecule is Cc1nnn(-c2ccc(C(F)F)cc2)c1COc1ccc(N2CC[C@@H]2C(=O)O)nn1. The summed E-state index contributed by atoms with van der Waals surface area (Å²) in [6.45, 7) is 2.46. The molecule has 3 heterocycles. The van der Waals surface area contributed by atoms with Crippen molar-refractivity contribution >= 4 is 11.8 Å². The van der Waals surface area contributed by atoms with Crippen molar-refractivity contribution in [2.75, 3.05) is 11.4 Å². The van der Waals surface area contributed by atoms with E-state index >= 15 is 0 Å². The molecule has 1 N–H and O–H groups in total. The lowest BCUT2D eigenvalue weighted by molar-refractivity contribution is -0.140. The van der Waals surface area contributed by atoms with Crippen molar-refractivity contribution in [2.45, 2.75) is 32.4 Å². The van der Waals surface area contributed by atoms with Crippen LogP contribution in [0, 0.1) is 6.92 Å². The van der Waals surface area contributed by atoms with Gasteiger partial charge in [-0.25, -0.2) is 18.3 Å². The van der Waals surface area contributed by atoms with Crippen LogP contribution in [0.3, 0.4) is 0 Å². The molecule has 0 aliphatic carbocycles. The van der Waals surface area contributed by atoms with Gasteiger partial charge in [0.1, 0.15) is 18.3 Å². The zero-order chi connectivity index (χ0) is 21.3. The van der Waals surface area contributed by atoms with Gasteiger partial charge in [0.05, 0.1) is 11.4 Å². The molecule has 1 atom stereocenters. The fraction of sp³-hybridized carbons (Fsp3) is 0.316. The second kappa shape index (κ2) is 8.01. The van der Waals surface area contributed by atoms with Crippen molar-refractivity contribution in [1.82, 2.24) is 25.2 Å². The van der Waals surface area contributed by atoms with Crippen LogP contribution in [0.1, 0.15) is 29.8 Å². The molecular formula is C19H18F2N6O3. The molecular weight excluding hydrogens is 398 g/mol. The Hall–Kier alpha value is -3.63. The Labute approximate surface area is 169 Å². The summed E-state index contributed by atoms with van der Waals surface area (Å²) >= 11 is 0. The molecule has 30 heavy (non-hydrogen) atoms. The van der Waals surface area contributed by atoms with Crippen LogP contribution >= 0.6 is 0 Å². The van der Waals surface area contributed by atoms with Gasteiger partial charge in [0.15, 0.2) is 5.82 Å². The smallest absolute Gasteiger partial charge is 0.326 e. The Balaban J connectivity index is 1.45. The molecule has 0 spiro atoms. The van der Waals surface area contributed by atoms with Crippen LogP contribution in [0.15, 0.2) is 36.4 Å². The van der Waals surface area contributed by atoms with Crippen LogP contribution in [0.5, 0.6) is 5.88 Å². The third-order valence-corrected chi connectivity index (χ3v) is 4.93. The van der Waals surface area contributed by atoms with Gasteiger partial charge in [0.25, 0.3) is 6.43 Å². The molecule has 0 unspecified atom stereocenters. The molecule has 0 amide bonds. The van der Waals surface area contributed by atoms with Gasteiger partial charge in [-0.1, -0.05) is 17.3 Å². The molecule has 4 rings (SSSR count). The average molecular weight is 416 g/mol. The van der Waals surface area contributed by atoms with Crippen molar-refractivity contribution in [3.63, 3.8) is 0 Å².